The zero-order valence-corrected chi connectivity index (χ0v) is 16.4. The lowest BCUT2D eigenvalue weighted by Crippen LogP contribution is -2.28. The molecule has 0 saturated heterocycles. The highest BCUT2D eigenvalue weighted by atomic mass is 79.9. The van der Waals surface area contributed by atoms with Gasteiger partial charge < -0.3 is 0 Å². The number of alkyl halides is 2. The van der Waals surface area contributed by atoms with Crippen molar-refractivity contribution in [3.05, 3.63) is 86.5 Å². The van der Waals surface area contributed by atoms with Crippen molar-refractivity contribution in [2.24, 2.45) is 0 Å². The van der Waals surface area contributed by atoms with Crippen LogP contribution in [0.25, 0.3) is 11.1 Å². The molecule has 0 amide bonds. The van der Waals surface area contributed by atoms with Gasteiger partial charge in [0, 0.05) is 6.42 Å². The summed E-state index contributed by atoms with van der Waals surface area (Å²) in [4.78, 5) is 16.7. The molecule has 0 aliphatic rings. The van der Waals surface area contributed by atoms with E-state index in [-0.39, 0.29) is 4.47 Å². The van der Waals surface area contributed by atoms with E-state index in [9.17, 15) is 13.6 Å². The highest BCUT2D eigenvalue weighted by Crippen LogP contribution is 2.24. The van der Waals surface area contributed by atoms with Crippen molar-refractivity contribution in [2.75, 3.05) is 0 Å². The quantitative estimate of drug-likeness (QED) is 0.507. The Hall–Kier alpha value is -2.34. The van der Waals surface area contributed by atoms with Gasteiger partial charge in [-0.25, -0.2) is 13.8 Å². The molecule has 0 fully saturated rings. The molecule has 0 spiro atoms. The van der Waals surface area contributed by atoms with Crippen LogP contribution in [0.4, 0.5) is 8.78 Å². The van der Waals surface area contributed by atoms with Crippen LogP contribution in [0.3, 0.4) is 0 Å². The summed E-state index contributed by atoms with van der Waals surface area (Å²) in [5, 5.41) is 0. The van der Waals surface area contributed by atoms with Crippen molar-refractivity contribution in [1.82, 2.24) is 9.55 Å². The standard InChI is InChI=1S/C21H19BrF2N2O/c1-2-6-17-25-19(20(23)24)18(22)21(27)26(17)13-14-9-11-16(12-10-14)15-7-4-3-5-8-15/h3-5,7-12,20H,2,6,13H2,1H3. The molecule has 0 saturated carbocycles. The minimum absolute atomic E-state index is 0.168. The third-order valence-electron chi connectivity index (χ3n) is 4.30. The monoisotopic (exact) mass is 432 g/mol. The summed E-state index contributed by atoms with van der Waals surface area (Å²) < 4.78 is 27.6. The van der Waals surface area contributed by atoms with Crippen LogP contribution in [0.5, 0.6) is 0 Å². The molecule has 0 unspecified atom stereocenters. The van der Waals surface area contributed by atoms with Gasteiger partial charge in [-0.1, -0.05) is 61.5 Å². The zero-order chi connectivity index (χ0) is 19.4. The number of nitrogens with zero attached hydrogens (tertiary/aromatic N) is 2. The maximum atomic E-state index is 13.2. The Kier molecular flexibility index (Phi) is 6.16. The molecule has 3 aromatic rings. The number of hydrogen-bond donors (Lipinski definition) is 0. The van der Waals surface area contributed by atoms with E-state index in [2.05, 4.69) is 20.9 Å². The van der Waals surface area contributed by atoms with Gasteiger partial charge in [0.1, 0.15) is 16.0 Å². The molecule has 3 nitrogen and oxygen atoms in total. The van der Waals surface area contributed by atoms with Crippen LogP contribution >= 0.6 is 15.9 Å². The van der Waals surface area contributed by atoms with Crippen LogP contribution in [-0.2, 0) is 13.0 Å². The summed E-state index contributed by atoms with van der Waals surface area (Å²) in [6.45, 7) is 2.22. The normalized spacial score (nSPS) is 11.1. The molecule has 0 bridgehead atoms. The summed E-state index contributed by atoms with van der Waals surface area (Å²) >= 11 is 3.00. The lowest BCUT2D eigenvalue weighted by molar-refractivity contribution is 0.144. The van der Waals surface area contributed by atoms with E-state index in [0.29, 0.717) is 25.2 Å². The SMILES string of the molecule is CCCc1nc(C(F)F)c(Br)c(=O)n1Cc1ccc(-c2ccccc2)cc1. The maximum absolute atomic E-state index is 13.2. The maximum Gasteiger partial charge on any atom is 0.281 e. The Labute approximate surface area is 164 Å². The van der Waals surface area contributed by atoms with E-state index in [1.54, 1.807) is 0 Å². The van der Waals surface area contributed by atoms with E-state index in [0.717, 1.165) is 16.7 Å². The summed E-state index contributed by atoms with van der Waals surface area (Å²) in [6.07, 6.45) is -1.61. The molecule has 6 heteroatoms. The predicted molar refractivity (Wildman–Crippen MR) is 106 cm³/mol. The number of rotatable bonds is 6. The number of aryl methyl sites for hydroxylation is 1. The number of hydrogen-bond acceptors (Lipinski definition) is 2. The fourth-order valence-electron chi connectivity index (χ4n) is 2.93. The Morgan fingerprint density at radius 2 is 1.67 bits per heavy atom. The second kappa shape index (κ2) is 8.57. The molecule has 140 valence electrons. The van der Waals surface area contributed by atoms with Crippen molar-refractivity contribution < 1.29 is 8.78 Å². The van der Waals surface area contributed by atoms with E-state index >= 15 is 0 Å². The fourth-order valence-corrected chi connectivity index (χ4v) is 3.41. The second-order valence-corrected chi connectivity index (χ2v) is 7.03. The smallest absolute Gasteiger partial charge is 0.281 e. The van der Waals surface area contributed by atoms with Gasteiger partial charge in [0.05, 0.1) is 6.54 Å². The Morgan fingerprint density at radius 3 is 2.26 bits per heavy atom. The first-order valence-electron chi connectivity index (χ1n) is 8.73. The Balaban J connectivity index is 1.95. The summed E-state index contributed by atoms with van der Waals surface area (Å²) in [5.41, 5.74) is 2.13. The molecule has 0 aliphatic heterocycles. The van der Waals surface area contributed by atoms with Gasteiger partial charge in [0.15, 0.2) is 0 Å². The molecule has 27 heavy (non-hydrogen) atoms. The van der Waals surface area contributed by atoms with Crippen molar-refractivity contribution in [2.45, 2.75) is 32.7 Å². The average molecular weight is 433 g/mol. The van der Waals surface area contributed by atoms with Gasteiger partial charge in [0.2, 0.25) is 0 Å². The minimum atomic E-state index is -2.79. The van der Waals surface area contributed by atoms with Gasteiger partial charge in [-0.3, -0.25) is 9.36 Å². The molecule has 0 atom stereocenters. The van der Waals surface area contributed by atoms with Crippen LogP contribution in [-0.4, -0.2) is 9.55 Å². The highest BCUT2D eigenvalue weighted by molar-refractivity contribution is 9.10. The summed E-state index contributed by atoms with van der Waals surface area (Å²) in [7, 11) is 0. The molecule has 2 aromatic carbocycles. The summed E-state index contributed by atoms with van der Waals surface area (Å²) in [5.74, 6) is 0.383. The number of benzene rings is 2. The van der Waals surface area contributed by atoms with Crippen LogP contribution in [0.1, 0.15) is 36.9 Å². The van der Waals surface area contributed by atoms with Gasteiger partial charge in [-0.2, -0.15) is 0 Å². The first kappa shape index (κ1) is 19.4. The number of halogens is 3. The van der Waals surface area contributed by atoms with E-state index in [1.807, 2.05) is 61.5 Å². The van der Waals surface area contributed by atoms with Gasteiger partial charge >= 0.3 is 0 Å². The van der Waals surface area contributed by atoms with Crippen LogP contribution in [0.15, 0.2) is 63.9 Å². The van der Waals surface area contributed by atoms with Crippen molar-refractivity contribution in [3.63, 3.8) is 0 Å². The fraction of sp³-hybridized carbons (Fsp3) is 0.238. The van der Waals surface area contributed by atoms with E-state index in [4.69, 9.17) is 0 Å². The van der Waals surface area contributed by atoms with Gasteiger partial charge in [0.25, 0.3) is 12.0 Å². The molecule has 1 aromatic heterocycles. The largest absolute Gasteiger partial charge is 0.291 e. The predicted octanol–water partition coefficient (Wildman–Crippen LogP) is 5.61. The second-order valence-electron chi connectivity index (χ2n) is 6.23. The molecular weight excluding hydrogens is 414 g/mol. The van der Waals surface area contributed by atoms with Crippen molar-refractivity contribution >= 4 is 15.9 Å². The molecule has 1 heterocycles. The van der Waals surface area contributed by atoms with E-state index < -0.39 is 17.7 Å². The average Bonchev–Trinajstić information content (AvgIpc) is 2.68. The van der Waals surface area contributed by atoms with Crippen LogP contribution in [0.2, 0.25) is 0 Å². The van der Waals surface area contributed by atoms with E-state index in [1.165, 1.54) is 4.57 Å². The first-order valence-corrected chi connectivity index (χ1v) is 9.52. The molecule has 0 aliphatic carbocycles. The number of aromatic nitrogens is 2. The summed E-state index contributed by atoms with van der Waals surface area (Å²) in [6, 6.07) is 17.9. The van der Waals surface area contributed by atoms with Gasteiger partial charge in [-0.05, 0) is 39.0 Å². The molecule has 0 N–H and O–H groups in total. The molecular formula is C21H19BrF2N2O. The third kappa shape index (κ3) is 4.33. The Morgan fingerprint density at radius 1 is 1.04 bits per heavy atom. The van der Waals surface area contributed by atoms with Crippen LogP contribution < -0.4 is 5.56 Å². The van der Waals surface area contributed by atoms with Crippen molar-refractivity contribution in [1.29, 1.82) is 0 Å². The lowest BCUT2D eigenvalue weighted by Gasteiger charge is -2.15. The molecule has 3 rings (SSSR count). The van der Waals surface area contributed by atoms with Crippen LogP contribution in [0, 0.1) is 0 Å². The molecule has 0 radical (unpaired) electrons. The minimum Gasteiger partial charge on any atom is -0.291 e. The first-order chi connectivity index (χ1) is 13.0. The highest BCUT2D eigenvalue weighted by Gasteiger charge is 2.21. The van der Waals surface area contributed by atoms with Gasteiger partial charge in [-0.15, -0.1) is 0 Å². The Bertz CT molecular complexity index is 970. The third-order valence-corrected chi connectivity index (χ3v) is 5.05. The lowest BCUT2D eigenvalue weighted by atomic mass is 10.0. The van der Waals surface area contributed by atoms with Crippen molar-refractivity contribution in [3.8, 4) is 11.1 Å². The topological polar surface area (TPSA) is 34.9 Å². The zero-order valence-electron chi connectivity index (χ0n) is 14.8.